The number of fused-ring (bicyclic) bond motifs is 2. The summed E-state index contributed by atoms with van der Waals surface area (Å²) < 4.78 is 22.8. The highest BCUT2D eigenvalue weighted by Gasteiger charge is 2.53. The lowest BCUT2D eigenvalue weighted by molar-refractivity contribution is -0.153. The van der Waals surface area contributed by atoms with Crippen molar-refractivity contribution in [3.05, 3.63) is 90.1 Å². The van der Waals surface area contributed by atoms with Gasteiger partial charge in [-0.15, -0.1) is 0 Å². The minimum absolute atomic E-state index is 0.120. The number of rotatable bonds is 13. The molecule has 2 aliphatic heterocycles. The highest BCUT2D eigenvalue weighted by molar-refractivity contribution is 5.86. The molecule has 51 heavy (non-hydrogen) atoms. The zero-order chi connectivity index (χ0) is 36.0. The molecule has 0 spiro atoms. The monoisotopic (exact) mass is 699 g/mol. The minimum atomic E-state index is -0.876. The van der Waals surface area contributed by atoms with Crippen LogP contribution in [0.5, 0.6) is 0 Å². The van der Waals surface area contributed by atoms with Crippen LogP contribution in [0, 0.1) is 17.3 Å². The van der Waals surface area contributed by atoms with Crippen molar-refractivity contribution in [1.82, 2.24) is 26.1 Å². The van der Waals surface area contributed by atoms with Gasteiger partial charge in [0.05, 0.1) is 25.5 Å². The molecule has 272 valence electrons. The summed E-state index contributed by atoms with van der Waals surface area (Å²) >= 11 is 0. The molecule has 3 N–H and O–H groups in total. The summed E-state index contributed by atoms with van der Waals surface area (Å²) in [7, 11) is 1.27. The van der Waals surface area contributed by atoms with E-state index in [2.05, 4.69) is 21.0 Å². The fourth-order valence-electron chi connectivity index (χ4n) is 7.26. The van der Waals surface area contributed by atoms with E-state index in [0.717, 1.165) is 35.2 Å². The van der Waals surface area contributed by atoms with Crippen molar-refractivity contribution in [2.75, 3.05) is 20.3 Å². The van der Waals surface area contributed by atoms with Crippen LogP contribution >= 0.6 is 0 Å². The number of amides is 3. The number of pyridine rings is 1. The number of aromatic nitrogens is 1. The third-order valence-corrected chi connectivity index (χ3v) is 9.91. The van der Waals surface area contributed by atoms with Gasteiger partial charge in [0, 0.05) is 42.7 Å². The van der Waals surface area contributed by atoms with Gasteiger partial charge in [-0.05, 0) is 54.4 Å². The Hall–Kier alpha value is -4.52. The average Bonchev–Trinajstić information content (AvgIpc) is 3.42. The Morgan fingerprint density at radius 2 is 1.69 bits per heavy atom. The Morgan fingerprint density at radius 3 is 2.39 bits per heavy atom. The number of methoxy groups -OCH3 is 1. The van der Waals surface area contributed by atoms with Gasteiger partial charge < -0.3 is 29.6 Å². The predicted octanol–water partition coefficient (Wildman–Crippen LogP) is 5.23. The molecule has 1 saturated carbocycles. The van der Waals surface area contributed by atoms with Crippen LogP contribution in [0.1, 0.15) is 51.2 Å². The lowest BCUT2D eigenvalue weighted by atomic mass is 9.78. The van der Waals surface area contributed by atoms with E-state index in [1.165, 1.54) is 7.11 Å². The van der Waals surface area contributed by atoms with Crippen molar-refractivity contribution in [2.45, 2.75) is 83.6 Å². The lowest BCUT2D eigenvalue weighted by Gasteiger charge is -2.37. The number of nitrogens with one attached hydrogen (secondary N) is 3. The zero-order valence-electron chi connectivity index (χ0n) is 29.7. The van der Waals surface area contributed by atoms with Gasteiger partial charge in [0.25, 0.3) is 5.91 Å². The Balaban J connectivity index is 1.18. The van der Waals surface area contributed by atoms with Crippen molar-refractivity contribution in [2.24, 2.45) is 17.3 Å². The van der Waals surface area contributed by atoms with Gasteiger partial charge in [-0.1, -0.05) is 81.4 Å². The maximum absolute atomic E-state index is 13.8. The molecular weight excluding hydrogens is 650 g/mol. The molecule has 12 nitrogen and oxygen atoms in total. The standard InChI is InChI=1S/C39H49N5O7/c1-39(2,3)34(42-37(46)48-4)35(45)43-44(23-26-13-15-27(16-14-26)31-12-8-9-18-40-31)19-17-30(20-25-10-6-5-7-11-25)41-38(47)51-33-29-21-28-22-32(33)50-36(28)49-24-29/h5-16,18,28-30,32-34,36H,17,19-24H2,1-4H3,(H,41,47)(H,42,46)(H,43,45)/t28?,29?,30-,32?,33?,34-,36?/m1/s1. The van der Waals surface area contributed by atoms with Crippen LogP contribution in [-0.2, 0) is 36.7 Å². The summed E-state index contributed by atoms with van der Waals surface area (Å²) in [6, 6.07) is 22.6. The molecule has 6 rings (SSSR count). The van der Waals surface area contributed by atoms with Gasteiger partial charge in [0.2, 0.25) is 0 Å². The number of benzene rings is 2. The molecule has 2 saturated heterocycles. The molecule has 0 radical (unpaired) electrons. The molecule has 3 amide bonds. The van der Waals surface area contributed by atoms with Crippen molar-refractivity contribution in [1.29, 1.82) is 0 Å². The number of nitrogens with zero attached hydrogens (tertiary/aromatic N) is 2. The van der Waals surface area contributed by atoms with Crippen LogP contribution < -0.4 is 16.1 Å². The Morgan fingerprint density at radius 1 is 0.922 bits per heavy atom. The molecule has 3 aliphatic rings. The second kappa shape index (κ2) is 16.2. The molecule has 1 aromatic heterocycles. The van der Waals surface area contributed by atoms with Gasteiger partial charge in [0.15, 0.2) is 6.29 Å². The average molecular weight is 700 g/mol. The topological polar surface area (TPSA) is 140 Å². The Labute approximate surface area is 299 Å². The van der Waals surface area contributed by atoms with Crippen LogP contribution in [-0.4, -0.2) is 78.9 Å². The summed E-state index contributed by atoms with van der Waals surface area (Å²) in [5, 5.41) is 7.64. The van der Waals surface area contributed by atoms with Gasteiger partial charge in [-0.25, -0.2) is 14.6 Å². The number of hydrogen-bond donors (Lipinski definition) is 3. The summed E-state index contributed by atoms with van der Waals surface area (Å²) in [5.74, 6) is 0.111. The van der Waals surface area contributed by atoms with Gasteiger partial charge in [0.1, 0.15) is 12.1 Å². The molecule has 3 heterocycles. The smallest absolute Gasteiger partial charge is 0.407 e. The molecule has 7 atom stereocenters. The first kappa shape index (κ1) is 36.3. The number of alkyl carbamates (subject to hydrolysis) is 2. The molecule has 12 heteroatoms. The summed E-state index contributed by atoms with van der Waals surface area (Å²) in [6.45, 7) is 6.91. The van der Waals surface area contributed by atoms with E-state index in [1.54, 1.807) is 6.20 Å². The van der Waals surface area contributed by atoms with Crippen molar-refractivity contribution in [3.8, 4) is 11.3 Å². The van der Waals surface area contributed by atoms with E-state index in [4.69, 9.17) is 18.9 Å². The Kier molecular flexibility index (Phi) is 11.5. The van der Waals surface area contributed by atoms with E-state index in [9.17, 15) is 14.4 Å². The zero-order valence-corrected chi connectivity index (χ0v) is 29.7. The molecule has 3 aromatic rings. The third kappa shape index (κ3) is 9.43. The maximum atomic E-state index is 13.8. The van der Waals surface area contributed by atoms with Crippen molar-refractivity contribution in [3.63, 3.8) is 0 Å². The van der Waals surface area contributed by atoms with Crippen LogP contribution in [0.25, 0.3) is 11.3 Å². The lowest BCUT2D eigenvalue weighted by Crippen LogP contribution is -2.57. The predicted molar refractivity (Wildman–Crippen MR) is 190 cm³/mol. The first-order valence-corrected chi connectivity index (χ1v) is 17.7. The molecule has 3 bridgehead atoms. The molecule has 2 aromatic carbocycles. The van der Waals surface area contributed by atoms with Crippen LogP contribution in [0.4, 0.5) is 9.59 Å². The maximum Gasteiger partial charge on any atom is 0.407 e. The molecule has 3 fully saturated rings. The highest BCUT2D eigenvalue weighted by Crippen LogP contribution is 2.46. The first-order valence-electron chi connectivity index (χ1n) is 17.7. The van der Waals surface area contributed by atoms with Crippen LogP contribution in [0.15, 0.2) is 79.0 Å². The second-order valence-corrected chi connectivity index (χ2v) is 14.8. The number of ether oxygens (including phenoxy) is 4. The second-order valence-electron chi connectivity index (χ2n) is 14.8. The van der Waals surface area contributed by atoms with Crippen LogP contribution in [0.2, 0.25) is 0 Å². The number of carbonyl (C=O) groups excluding carboxylic acids is 3. The van der Waals surface area contributed by atoms with Gasteiger partial charge in [-0.3, -0.25) is 15.2 Å². The Bertz CT molecular complexity index is 1610. The van der Waals surface area contributed by atoms with Gasteiger partial charge >= 0.3 is 12.2 Å². The van der Waals surface area contributed by atoms with E-state index in [1.807, 2.05) is 98.6 Å². The fraction of sp³-hybridized carbons (Fsp3) is 0.487. The van der Waals surface area contributed by atoms with E-state index in [-0.39, 0.29) is 36.4 Å². The number of hydrazine groups is 1. The van der Waals surface area contributed by atoms with Crippen molar-refractivity contribution < 1.29 is 33.3 Å². The quantitative estimate of drug-likeness (QED) is 0.205. The summed E-state index contributed by atoms with van der Waals surface area (Å²) in [6.07, 6.45) is 2.70. The summed E-state index contributed by atoms with van der Waals surface area (Å²) in [5.41, 5.74) is 6.31. The normalized spacial score (nSPS) is 23.3. The van der Waals surface area contributed by atoms with E-state index >= 15 is 0 Å². The SMILES string of the molecule is COC(=O)N[C@H](C(=O)NN(CC[C@H](Cc1ccccc1)NC(=O)OC1C2COC3OC1CC3C2)Cc1ccc(-c2ccccn2)cc1)C(C)(C)C. The summed E-state index contributed by atoms with van der Waals surface area (Å²) in [4.78, 5) is 43.9. The van der Waals surface area contributed by atoms with E-state index in [0.29, 0.717) is 38.5 Å². The number of hydrogen-bond acceptors (Lipinski definition) is 9. The van der Waals surface area contributed by atoms with E-state index < -0.39 is 23.6 Å². The largest absolute Gasteiger partial charge is 0.453 e. The third-order valence-electron chi connectivity index (χ3n) is 9.91. The van der Waals surface area contributed by atoms with Crippen molar-refractivity contribution >= 4 is 18.1 Å². The minimum Gasteiger partial charge on any atom is -0.453 e. The van der Waals surface area contributed by atoms with Gasteiger partial charge in [-0.2, -0.15) is 0 Å². The first-order chi connectivity index (χ1) is 24.6. The fourth-order valence-corrected chi connectivity index (χ4v) is 7.26. The highest BCUT2D eigenvalue weighted by atomic mass is 16.7. The molecular formula is C39H49N5O7. The van der Waals surface area contributed by atoms with Crippen LogP contribution in [0.3, 0.4) is 0 Å². The molecule has 1 aliphatic carbocycles. The number of carbonyl (C=O) groups is 3. The molecule has 5 unspecified atom stereocenters.